The lowest BCUT2D eigenvalue weighted by atomic mass is 10.2. The highest BCUT2D eigenvalue weighted by Crippen LogP contribution is 2.26. The van der Waals surface area contributed by atoms with Gasteiger partial charge in [-0.2, -0.15) is 0 Å². The average Bonchev–Trinajstić information content (AvgIpc) is 2.92. The van der Waals surface area contributed by atoms with Crippen LogP contribution in [0.4, 0.5) is 0 Å². The summed E-state index contributed by atoms with van der Waals surface area (Å²) in [6.07, 6.45) is 0.642. The van der Waals surface area contributed by atoms with Crippen molar-refractivity contribution in [1.82, 2.24) is 4.72 Å². The van der Waals surface area contributed by atoms with Crippen LogP contribution in [0, 0.1) is 13.8 Å². The van der Waals surface area contributed by atoms with Gasteiger partial charge in [-0.1, -0.05) is 0 Å². The Bertz CT molecular complexity index is 735. The highest BCUT2D eigenvalue weighted by molar-refractivity contribution is 9.11. The minimum Gasteiger partial charge on any atom is -0.465 e. The van der Waals surface area contributed by atoms with Crippen LogP contribution in [0.2, 0.25) is 0 Å². The fourth-order valence-corrected chi connectivity index (χ4v) is 5.13. The Balaban J connectivity index is 2.12. The minimum absolute atomic E-state index is 0.136. The second kappa shape index (κ2) is 6.62. The zero-order valence-electron chi connectivity index (χ0n) is 11.8. The number of nitrogens with one attached hydrogen (secondary N) is 1. The summed E-state index contributed by atoms with van der Waals surface area (Å²) in [7, 11) is -3.61. The van der Waals surface area contributed by atoms with Crippen LogP contribution in [0.1, 0.15) is 22.0 Å². The zero-order chi connectivity index (χ0) is 15.6. The van der Waals surface area contributed by atoms with Crippen LogP contribution in [0.3, 0.4) is 0 Å². The first-order chi connectivity index (χ1) is 9.85. The van der Waals surface area contributed by atoms with Gasteiger partial charge in [-0.25, -0.2) is 13.1 Å². The highest BCUT2D eigenvalue weighted by atomic mass is 79.9. The summed E-state index contributed by atoms with van der Waals surface area (Å²) >= 11 is 4.98. The SMILES string of the molecule is Cc1oc(C)c(S(=O)(=O)NCCc2ccc(Br)s2)c1CN. The molecule has 0 saturated carbocycles. The lowest BCUT2D eigenvalue weighted by molar-refractivity contribution is 0.494. The predicted molar refractivity (Wildman–Crippen MR) is 87.0 cm³/mol. The molecule has 0 aromatic carbocycles. The van der Waals surface area contributed by atoms with E-state index in [4.69, 9.17) is 10.2 Å². The molecular weight excluding hydrogens is 376 g/mol. The van der Waals surface area contributed by atoms with Gasteiger partial charge in [0.1, 0.15) is 16.4 Å². The smallest absolute Gasteiger partial charge is 0.244 e. The standard InChI is InChI=1S/C13H17BrN2O3S2/c1-8-11(7-15)13(9(2)19-8)21(17,18)16-6-5-10-3-4-12(14)20-10/h3-4,16H,5-7,15H2,1-2H3. The molecule has 2 rings (SSSR count). The topological polar surface area (TPSA) is 85.3 Å². The fraction of sp³-hybridized carbons (Fsp3) is 0.385. The molecule has 2 aromatic heterocycles. The van der Waals surface area contributed by atoms with Gasteiger partial charge in [0, 0.05) is 23.5 Å². The number of rotatable bonds is 6. The summed E-state index contributed by atoms with van der Waals surface area (Å²) < 4.78 is 33.8. The van der Waals surface area contributed by atoms with Gasteiger partial charge in [0.15, 0.2) is 0 Å². The van der Waals surface area contributed by atoms with Crippen molar-refractivity contribution in [3.8, 4) is 0 Å². The number of aryl methyl sites for hydroxylation is 2. The Morgan fingerprint density at radius 3 is 2.62 bits per heavy atom. The van der Waals surface area contributed by atoms with Crippen LogP contribution in [-0.4, -0.2) is 15.0 Å². The van der Waals surface area contributed by atoms with E-state index < -0.39 is 10.0 Å². The second-order valence-corrected chi connectivity index (χ2v) is 8.83. The third kappa shape index (κ3) is 3.75. The Labute approximate surface area is 136 Å². The molecule has 0 aliphatic rings. The Morgan fingerprint density at radius 2 is 2.05 bits per heavy atom. The number of furan rings is 1. The van der Waals surface area contributed by atoms with Crippen LogP contribution >= 0.6 is 27.3 Å². The van der Waals surface area contributed by atoms with E-state index in [1.807, 2.05) is 12.1 Å². The summed E-state index contributed by atoms with van der Waals surface area (Å²) in [5.74, 6) is 0.928. The predicted octanol–water partition coefficient (Wildman–Crippen LogP) is 2.70. The van der Waals surface area contributed by atoms with Gasteiger partial charge in [0.25, 0.3) is 0 Å². The van der Waals surface area contributed by atoms with Gasteiger partial charge in [-0.3, -0.25) is 0 Å². The molecule has 0 bridgehead atoms. The molecule has 0 atom stereocenters. The van der Waals surface area contributed by atoms with E-state index in [1.54, 1.807) is 25.2 Å². The van der Waals surface area contributed by atoms with Gasteiger partial charge >= 0.3 is 0 Å². The molecule has 2 heterocycles. The Hall–Kier alpha value is -0.670. The third-order valence-electron chi connectivity index (χ3n) is 3.09. The van der Waals surface area contributed by atoms with Crippen LogP contribution in [-0.2, 0) is 23.0 Å². The quantitative estimate of drug-likeness (QED) is 0.790. The molecule has 0 fully saturated rings. The molecule has 0 aliphatic carbocycles. The molecule has 8 heteroatoms. The molecule has 3 N–H and O–H groups in total. The molecule has 0 radical (unpaired) electrons. The Morgan fingerprint density at radius 1 is 1.33 bits per heavy atom. The number of thiophene rings is 1. The lowest BCUT2D eigenvalue weighted by Crippen LogP contribution is -2.27. The van der Waals surface area contributed by atoms with Crippen molar-refractivity contribution < 1.29 is 12.8 Å². The van der Waals surface area contributed by atoms with E-state index in [2.05, 4.69) is 20.7 Å². The van der Waals surface area contributed by atoms with Gasteiger partial charge in [-0.05, 0) is 48.3 Å². The lowest BCUT2D eigenvalue weighted by Gasteiger charge is -2.07. The molecule has 0 amide bonds. The van der Waals surface area contributed by atoms with E-state index >= 15 is 0 Å². The van der Waals surface area contributed by atoms with Crippen LogP contribution in [0.15, 0.2) is 25.2 Å². The molecule has 21 heavy (non-hydrogen) atoms. The summed E-state index contributed by atoms with van der Waals surface area (Å²) in [5, 5.41) is 0. The number of hydrogen-bond acceptors (Lipinski definition) is 5. The minimum atomic E-state index is -3.61. The molecule has 0 saturated heterocycles. The van der Waals surface area contributed by atoms with Gasteiger partial charge in [0.2, 0.25) is 10.0 Å². The van der Waals surface area contributed by atoms with Crippen LogP contribution in [0.25, 0.3) is 0 Å². The molecule has 0 unspecified atom stereocenters. The van der Waals surface area contributed by atoms with Crippen molar-refractivity contribution in [3.05, 3.63) is 37.9 Å². The van der Waals surface area contributed by atoms with Gasteiger partial charge < -0.3 is 10.2 Å². The van der Waals surface area contributed by atoms with Crippen LogP contribution in [0.5, 0.6) is 0 Å². The average molecular weight is 393 g/mol. The normalized spacial score (nSPS) is 12.0. The molecule has 116 valence electrons. The van der Waals surface area contributed by atoms with Gasteiger partial charge in [-0.15, -0.1) is 11.3 Å². The van der Waals surface area contributed by atoms with E-state index in [9.17, 15) is 8.42 Å². The molecule has 5 nitrogen and oxygen atoms in total. The number of sulfonamides is 1. The van der Waals surface area contributed by atoms with E-state index in [1.165, 1.54) is 0 Å². The summed E-state index contributed by atoms with van der Waals surface area (Å²) in [6.45, 7) is 3.83. The van der Waals surface area contributed by atoms with Crippen molar-refractivity contribution in [2.75, 3.05) is 6.54 Å². The maximum atomic E-state index is 12.4. The summed E-state index contributed by atoms with van der Waals surface area (Å²) in [5.41, 5.74) is 6.17. The van der Waals surface area contributed by atoms with E-state index in [-0.39, 0.29) is 11.4 Å². The first-order valence-corrected chi connectivity index (χ1v) is 9.47. The molecular formula is C13H17BrN2O3S2. The van der Waals surface area contributed by atoms with Gasteiger partial charge in [0.05, 0.1) is 3.79 Å². The monoisotopic (exact) mass is 392 g/mol. The Kier molecular flexibility index (Phi) is 5.26. The van der Waals surface area contributed by atoms with Crippen molar-refractivity contribution in [2.45, 2.75) is 31.7 Å². The van der Waals surface area contributed by atoms with Crippen molar-refractivity contribution in [3.63, 3.8) is 0 Å². The summed E-state index contributed by atoms with van der Waals surface area (Å²) in [4.78, 5) is 1.29. The van der Waals surface area contributed by atoms with Crippen molar-refractivity contribution in [1.29, 1.82) is 0 Å². The highest BCUT2D eigenvalue weighted by Gasteiger charge is 2.25. The fourth-order valence-electron chi connectivity index (χ4n) is 2.16. The molecule has 0 aliphatic heterocycles. The number of hydrogen-bond donors (Lipinski definition) is 2. The number of nitrogens with two attached hydrogens (primary N) is 1. The summed E-state index contributed by atoms with van der Waals surface area (Å²) in [6, 6.07) is 3.92. The third-order valence-corrected chi connectivity index (χ3v) is 6.43. The largest absolute Gasteiger partial charge is 0.465 e. The first-order valence-electron chi connectivity index (χ1n) is 6.38. The van der Waals surface area contributed by atoms with E-state index in [0.717, 1.165) is 8.66 Å². The maximum Gasteiger partial charge on any atom is 0.244 e. The maximum absolute atomic E-state index is 12.4. The number of halogens is 1. The first kappa shape index (κ1) is 16.7. The van der Waals surface area contributed by atoms with Crippen molar-refractivity contribution >= 4 is 37.3 Å². The van der Waals surface area contributed by atoms with Crippen molar-refractivity contribution in [2.24, 2.45) is 5.73 Å². The van der Waals surface area contributed by atoms with Crippen LogP contribution < -0.4 is 10.5 Å². The second-order valence-electron chi connectivity index (χ2n) is 4.58. The molecule has 0 spiro atoms. The molecule has 2 aromatic rings. The zero-order valence-corrected chi connectivity index (χ0v) is 15.0. The van der Waals surface area contributed by atoms with E-state index in [0.29, 0.717) is 30.0 Å².